The SMILES string of the molecule is O=S(=O)(N=C1c2ccccc2C(=NS(=O)(=O)c2ccc(Cl)cc2)[C@@H]2[C@@H]1[C@@H]1C=C[C@@H]2CC1)c1ccc(Cl)cc1. The van der Waals surface area contributed by atoms with Gasteiger partial charge in [-0.05, 0) is 73.2 Å². The van der Waals surface area contributed by atoms with E-state index in [1.165, 1.54) is 48.5 Å². The van der Waals surface area contributed by atoms with E-state index in [0.29, 0.717) is 32.6 Å². The average molecular weight is 586 g/mol. The van der Waals surface area contributed by atoms with E-state index in [9.17, 15) is 16.8 Å². The summed E-state index contributed by atoms with van der Waals surface area (Å²) in [5.74, 6) is -0.619. The van der Waals surface area contributed by atoms with Crippen LogP contribution in [0.5, 0.6) is 0 Å². The zero-order chi connectivity index (χ0) is 26.7. The zero-order valence-corrected chi connectivity index (χ0v) is 23.1. The summed E-state index contributed by atoms with van der Waals surface area (Å²) in [5.41, 5.74) is 2.06. The Hall–Kier alpha value is -2.78. The van der Waals surface area contributed by atoms with Crippen molar-refractivity contribution in [2.24, 2.45) is 32.5 Å². The molecular weight excluding hydrogens is 563 g/mol. The molecule has 4 aliphatic rings. The molecule has 1 fully saturated rings. The van der Waals surface area contributed by atoms with Crippen LogP contribution in [-0.4, -0.2) is 28.3 Å². The van der Waals surface area contributed by atoms with Crippen molar-refractivity contribution in [2.45, 2.75) is 22.6 Å². The Bertz CT molecular complexity index is 1600. The highest BCUT2D eigenvalue weighted by molar-refractivity contribution is 7.90. The fourth-order valence-corrected chi connectivity index (χ4v) is 8.21. The summed E-state index contributed by atoms with van der Waals surface area (Å²) in [6.45, 7) is 0. The minimum Gasteiger partial charge on any atom is -0.199 e. The van der Waals surface area contributed by atoms with Gasteiger partial charge in [-0.3, -0.25) is 0 Å². The van der Waals surface area contributed by atoms with Crippen LogP contribution in [0.2, 0.25) is 10.0 Å². The maximum Gasteiger partial charge on any atom is 0.282 e. The van der Waals surface area contributed by atoms with Gasteiger partial charge in [0.1, 0.15) is 0 Å². The van der Waals surface area contributed by atoms with E-state index in [0.717, 1.165) is 12.8 Å². The molecule has 0 spiro atoms. The highest BCUT2D eigenvalue weighted by Gasteiger charge is 2.50. The maximum absolute atomic E-state index is 13.4. The highest BCUT2D eigenvalue weighted by atomic mass is 35.5. The van der Waals surface area contributed by atoms with Crippen molar-refractivity contribution in [2.75, 3.05) is 0 Å². The Morgan fingerprint density at radius 3 is 1.29 bits per heavy atom. The number of hydrogen-bond donors (Lipinski definition) is 0. The lowest BCUT2D eigenvalue weighted by atomic mass is 9.55. The van der Waals surface area contributed by atoms with Crippen LogP contribution in [0.15, 0.2) is 104 Å². The Balaban J connectivity index is 1.57. The normalized spacial score (nSPS) is 26.4. The van der Waals surface area contributed by atoms with E-state index >= 15 is 0 Å². The molecule has 0 aromatic heterocycles. The number of halogens is 2. The second-order valence-corrected chi connectivity index (χ2v) is 13.8. The summed E-state index contributed by atoms with van der Waals surface area (Å²) in [4.78, 5) is 0.0921. The molecule has 7 rings (SSSR count). The highest BCUT2D eigenvalue weighted by Crippen LogP contribution is 2.51. The minimum atomic E-state index is -4.05. The van der Waals surface area contributed by atoms with E-state index in [-0.39, 0.29) is 33.5 Å². The van der Waals surface area contributed by atoms with Crippen molar-refractivity contribution in [1.29, 1.82) is 0 Å². The van der Waals surface area contributed by atoms with E-state index in [4.69, 9.17) is 23.2 Å². The number of rotatable bonds is 4. The quantitative estimate of drug-likeness (QED) is 0.342. The van der Waals surface area contributed by atoms with Crippen molar-refractivity contribution in [3.63, 3.8) is 0 Å². The lowest BCUT2D eigenvalue weighted by molar-refractivity contribution is 0.226. The molecular formula is C28H22Cl2N2O4S2. The van der Waals surface area contributed by atoms with Crippen LogP contribution in [-0.2, 0) is 20.0 Å². The van der Waals surface area contributed by atoms with Crippen LogP contribution >= 0.6 is 23.2 Å². The molecule has 194 valence electrons. The van der Waals surface area contributed by atoms with Crippen molar-refractivity contribution in [3.8, 4) is 0 Å². The van der Waals surface area contributed by atoms with Crippen LogP contribution < -0.4 is 0 Å². The van der Waals surface area contributed by atoms with Crippen LogP contribution in [0.1, 0.15) is 24.0 Å². The second kappa shape index (κ2) is 9.45. The van der Waals surface area contributed by atoms with Crippen LogP contribution in [0.3, 0.4) is 0 Å². The molecule has 3 aromatic carbocycles. The first-order valence-corrected chi connectivity index (χ1v) is 15.8. The third-order valence-corrected chi connectivity index (χ3v) is 10.6. The standard InChI is InChI=1S/C28H22Cl2N2O4S2/c29-19-9-13-21(14-10-19)37(33,34)31-27-23-3-1-2-4-24(23)28(26-18-7-5-17(6-8-18)25(26)27)32-38(35,36)22-15-11-20(30)12-16-22/h1-5,7,9-18,25-26H,6,8H2/t17-,18-,25+,26+/m1/s1. The number of hydrogen-bond acceptors (Lipinski definition) is 4. The first-order chi connectivity index (χ1) is 18.1. The summed E-state index contributed by atoms with van der Waals surface area (Å²) in [6, 6.07) is 19.0. The number of nitrogens with zero attached hydrogens (tertiary/aromatic N) is 2. The van der Waals surface area contributed by atoms with E-state index in [1.54, 1.807) is 24.3 Å². The largest absolute Gasteiger partial charge is 0.282 e. The molecule has 1 saturated carbocycles. The van der Waals surface area contributed by atoms with Gasteiger partial charge in [-0.2, -0.15) is 25.6 Å². The van der Waals surface area contributed by atoms with Crippen LogP contribution in [0.25, 0.3) is 0 Å². The van der Waals surface area contributed by atoms with Crippen LogP contribution in [0, 0.1) is 23.7 Å². The lowest BCUT2D eigenvalue weighted by Crippen LogP contribution is -2.49. The molecule has 6 nitrogen and oxygen atoms in total. The Morgan fingerprint density at radius 2 is 0.947 bits per heavy atom. The Morgan fingerprint density at radius 1 is 0.579 bits per heavy atom. The molecule has 0 saturated heterocycles. The van der Waals surface area contributed by atoms with Gasteiger partial charge >= 0.3 is 0 Å². The summed E-state index contributed by atoms with van der Waals surface area (Å²) >= 11 is 11.9. The lowest BCUT2D eigenvalue weighted by Gasteiger charge is -2.48. The topological polar surface area (TPSA) is 93.0 Å². The molecule has 4 aliphatic carbocycles. The third-order valence-electron chi connectivity index (χ3n) is 7.52. The summed E-state index contributed by atoms with van der Waals surface area (Å²) in [5, 5.41) is 0.856. The average Bonchev–Trinajstić information content (AvgIpc) is 2.91. The molecule has 0 radical (unpaired) electrons. The monoisotopic (exact) mass is 584 g/mol. The van der Waals surface area contributed by atoms with Gasteiger partial charge in [-0.1, -0.05) is 59.6 Å². The fourth-order valence-electron chi connectivity index (χ4n) is 5.83. The number of benzene rings is 3. The molecule has 0 aliphatic heterocycles. The number of sulfonamides is 2. The number of fused-ring (bicyclic) bond motifs is 2. The van der Waals surface area contributed by atoms with Gasteiger partial charge in [0.05, 0.1) is 21.2 Å². The predicted molar refractivity (Wildman–Crippen MR) is 149 cm³/mol. The van der Waals surface area contributed by atoms with E-state index in [1.807, 2.05) is 0 Å². The molecule has 3 aromatic rings. The molecule has 0 N–H and O–H groups in total. The van der Waals surface area contributed by atoms with Gasteiger partial charge in [0.15, 0.2) is 0 Å². The first-order valence-electron chi connectivity index (χ1n) is 12.1. The Kier molecular flexibility index (Phi) is 6.34. The van der Waals surface area contributed by atoms with Crippen molar-refractivity contribution >= 4 is 54.7 Å². The van der Waals surface area contributed by atoms with E-state index < -0.39 is 20.0 Å². The van der Waals surface area contributed by atoms with Crippen molar-refractivity contribution in [1.82, 2.24) is 0 Å². The third kappa shape index (κ3) is 4.43. The molecule has 38 heavy (non-hydrogen) atoms. The zero-order valence-electron chi connectivity index (χ0n) is 19.9. The fraction of sp³-hybridized carbons (Fsp3) is 0.214. The molecule has 4 atom stereocenters. The Labute approximate surface area is 231 Å². The smallest absolute Gasteiger partial charge is 0.199 e. The summed E-state index contributed by atoms with van der Waals surface area (Å²) in [7, 11) is -8.10. The molecule has 2 bridgehead atoms. The number of allylic oxidation sites excluding steroid dienone is 2. The van der Waals surface area contributed by atoms with Gasteiger partial charge in [-0.15, -0.1) is 0 Å². The molecule has 0 heterocycles. The van der Waals surface area contributed by atoms with E-state index in [2.05, 4.69) is 20.9 Å². The second-order valence-electron chi connectivity index (χ2n) is 9.70. The summed E-state index contributed by atoms with van der Waals surface area (Å²) < 4.78 is 62.6. The van der Waals surface area contributed by atoms with Gasteiger partial charge in [-0.25, -0.2) is 0 Å². The first kappa shape index (κ1) is 25.5. The minimum absolute atomic E-state index is 0.0148. The van der Waals surface area contributed by atoms with Crippen molar-refractivity contribution in [3.05, 3.63) is 106 Å². The summed E-state index contributed by atoms with van der Waals surface area (Å²) in [6.07, 6.45) is 5.95. The van der Waals surface area contributed by atoms with Crippen molar-refractivity contribution < 1.29 is 16.8 Å². The maximum atomic E-state index is 13.4. The van der Waals surface area contributed by atoms with Gasteiger partial charge < -0.3 is 0 Å². The van der Waals surface area contributed by atoms with Gasteiger partial charge in [0, 0.05) is 33.0 Å². The van der Waals surface area contributed by atoms with Crippen LogP contribution in [0.4, 0.5) is 0 Å². The van der Waals surface area contributed by atoms with Gasteiger partial charge in [0.2, 0.25) is 0 Å². The molecule has 0 unspecified atom stereocenters. The van der Waals surface area contributed by atoms with Gasteiger partial charge in [0.25, 0.3) is 20.0 Å². The predicted octanol–water partition coefficient (Wildman–Crippen LogP) is 6.19. The molecule has 10 heteroatoms. The molecule has 0 amide bonds.